The molecule has 3 aliphatic rings. The molecule has 2 atom stereocenters. The number of ether oxygens (including phenoxy) is 2. The zero-order chi connectivity index (χ0) is 20.0. The van der Waals surface area contributed by atoms with E-state index in [1.54, 1.807) is 19.2 Å². The van der Waals surface area contributed by atoms with Gasteiger partial charge in [-0.3, -0.25) is 4.90 Å². The zero-order valence-electron chi connectivity index (χ0n) is 16.6. The first kappa shape index (κ1) is 18.4. The summed E-state index contributed by atoms with van der Waals surface area (Å²) in [7, 11) is 1.76. The van der Waals surface area contributed by atoms with E-state index in [0.717, 1.165) is 42.9 Å². The molecule has 2 bridgehead atoms. The number of aromatic carboxylic acids is 1. The summed E-state index contributed by atoms with van der Waals surface area (Å²) >= 11 is 0. The van der Waals surface area contributed by atoms with Crippen molar-refractivity contribution in [3.8, 4) is 11.5 Å². The molecule has 5 heteroatoms. The molecule has 0 amide bonds. The highest BCUT2D eigenvalue weighted by Crippen LogP contribution is 2.49. The first-order valence-electron chi connectivity index (χ1n) is 10.3. The normalized spacial score (nSPS) is 22.8. The van der Waals surface area contributed by atoms with E-state index >= 15 is 0 Å². The Hall–Kier alpha value is -2.63. The van der Waals surface area contributed by atoms with Crippen molar-refractivity contribution in [3.05, 3.63) is 64.7 Å². The second-order valence-electron chi connectivity index (χ2n) is 8.12. The first-order chi connectivity index (χ1) is 14.2. The smallest absolute Gasteiger partial charge is 0.335 e. The minimum atomic E-state index is -0.936. The molecule has 2 aromatic rings. The van der Waals surface area contributed by atoms with Gasteiger partial charge in [-0.15, -0.1) is 0 Å². The van der Waals surface area contributed by atoms with Gasteiger partial charge < -0.3 is 14.6 Å². The Kier molecular flexibility index (Phi) is 4.64. The number of hydrogen-bond acceptors (Lipinski definition) is 4. The number of methoxy groups -OCH3 is 1. The second kappa shape index (κ2) is 7.32. The highest BCUT2D eigenvalue weighted by molar-refractivity contribution is 5.93. The molecule has 2 saturated heterocycles. The van der Waals surface area contributed by atoms with Crippen LogP contribution < -0.4 is 4.74 Å². The van der Waals surface area contributed by atoms with Gasteiger partial charge in [0.15, 0.2) is 0 Å². The fraction of sp³-hybridized carbons (Fsp3) is 0.375. The Morgan fingerprint density at radius 2 is 1.83 bits per heavy atom. The van der Waals surface area contributed by atoms with Crippen molar-refractivity contribution in [1.29, 1.82) is 0 Å². The molecule has 3 heterocycles. The van der Waals surface area contributed by atoms with Gasteiger partial charge in [-0.1, -0.05) is 23.8 Å². The summed E-state index contributed by atoms with van der Waals surface area (Å²) in [4.78, 5) is 14.1. The topological polar surface area (TPSA) is 59.0 Å². The van der Waals surface area contributed by atoms with E-state index in [9.17, 15) is 9.90 Å². The molecule has 0 aromatic heterocycles. The summed E-state index contributed by atoms with van der Waals surface area (Å²) in [5.74, 6) is 0.508. The van der Waals surface area contributed by atoms with Crippen molar-refractivity contribution in [1.82, 2.24) is 4.90 Å². The van der Waals surface area contributed by atoms with E-state index in [4.69, 9.17) is 9.47 Å². The molecule has 5 nitrogen and oxygen atoms in total. The Labute approximate surface area is 170 Å². The second-order valence-corrected chi connectivity index (χ2v) is 8.12. The lowest BCUT2D eigenvalue weighted by molar-refractivity contribution is 0.0696. The molecule has 0 aliphatic carbocycles. The van der Waals surface area contributed by atoms with E-state index in [2.05, 4.69) is 11.0 Å². The minimum Gasteiger partial charge on any atom is -0.478 e. The molecule has 2 unspecified atom stereocenters. The Balaban J connectivity index is 1.59. The summed E-state index contributed by atoms with van der Waals surface area (Å²) in [6.45, 7) is 1.77. The molecule has 2 aromatic carbocycles. The van der Waals surface area contributed by atoms with Crippen LogP contribution in [0.3, 0.4) is 0 Å². The third kappa shape index (κ3) is 3.15. The van der Waals surface area contributed by atoms with Crippen molar-refractivity contribution < 1.29 is 19.4 Å². The van der Waals surface area contributed by atoms with E-state index in [1.807, 2.05) is 24.3 Å². The molecule has 0 spiro atoms. The molecule has 5 rings (SSSR count). The maximum absolute atomic E-state index is 11.4. The highest BCUT2D eigenvalue weighted by atomic mass is 16.5. The molecular weight excluding hydrogens is 366 g/mol. The number of hydrogen-bond donors (Lipinski definition) is 1. The van der Waals surface area contributed by atoms with Crippen LogP contribution in [0.2, 0.25) is 0 Å². The average Bonchev–Trinajstić information content (AvgIpc) is 2.96. The van der Waals surface area contributed by atoms with E-state index in [0.29, 0.717) is 17.8 Å². The average molecular weight is 391 g/mol. The standard InChI is InChI=1S/C24H25NO4/c1-28-11-10-25-17-7-8-18(25)13-16(12-17)23-19-4-2-3-5-21(19)29-22-14-15(24(26)27)6-9-20(22)23/h2-6,9,14,17-18H,7-8,10-13H2,1H3,(H,26,27). The summed E-state index contributed by atoms with van der Waals surface area (Å²) < 4.78 is 11.4. The number of rotatable bonds is 4. The lowest BCUT2D eigenvalue weighted by atomic mass is 9.83. The fourth-order valence-electron chi connectivity index (χ4n) is 5.22. The van der Waals surface area contributed by atoms with Gasteiger partial charge in [0.25, 0.3) is 0 Å². The maximum atomic E-state index is 11.4. The van der Waals surface area contributed by atoms with E-state index < -0.39 is 5.97 Å². The fourth-order valence-corrected chi connectivity index (χ4v) is 5.22. The third-order valence-electron chi connectivity index (χ3n) is 6.52. The predicted molar refractivity (Wildman–Crippen MR) is 111 cm³/mol. The van der Waals surface area contributed by atoms with Crippen LogP contribution in [0.1, 0.15) is 47.2 Å². The largest absolute Gasteiger partial charge is 0.478 e. The van der Waals surface area contributed by atoms with Gasteiger partial charge in [0.05, 0.1) is 12.2 Å². The van der Waals surface area contributed by atoms with Crippen molar-refractivity contribution in [3.63, 3.8) is 0 Å². The van der Waals surface area contributed by atoms with E-state index in [-0.39, 0.29) is 5.56 Å². The van der Waals surface area contributed by atoms with E-state index in [1.165, 1.54) is 24.0 Å². The van der Waals surface area contributed by atoms with Gasteiger partial charge in [-0.2, -0.15) is 0 Å². The van der Waals surface area contributed by atoms with Gasteiger partial charge in [0.2, 0.25) is 0 Å². The van der Waals surface area contributed by atoms with Crippen LogP contribution >= 0.6 is 0 Å². The number of fused-ring (bicyclic) bond motifs is 4. The van der Waals surface area contributed by atoms with Gasteiger partial charge in [-0.25, -0.2) is 4.79 Å². The molecule has 2 fully saturated rings. The van der Waals surface area contributed by atoms with Gasteiger partial charge in [-0.05, 0) is 55.5 Å². The van der Waals surface area contributed by atoms with Crippen LogP contribution in [0.25, 0.3) is 5.57 Å². The Morgan fingerprint density at radius 1 is 1.10 bits per heavy atom. The number of carboxylic acids is 1. The van der Waals surface area contributed by atoms with Crippen molar-refractivity contribution in [2.75, 3.05) is 20.3 Å². The quantitative estimate of drug-likeness (QED) is 0.706. The lowest BCUT2D eigenvalue weighted by Crippen LogP contribution is -2.42. The van der Waals surface area contributed by atoms with Crippen LogP contribution in [0, 0.1) is 0 Å². The predicted octanol–water partition coefficient (Wildman–Crippen LogP) is 4.57. The number of piperidine rings is 1. The molecule has 0 saturated carbocycles. The molecule has 0 radical (unpaired) electrons. The number of carbonyl (C=O) groups is 1. The van der Waals surface area contributed by atoms with Gasteiger partial charge >= 0.3 is 5.97 Å². The van der Waals surface area contributed by atoms with Crippen LogP contribution in [0.4, 0.5) is 0 Å². The third-order valence-corrected chi connectivity index (χ3v) is 6.52. The Bertz CT molecular complexity index is 980. The molecular formula is C24H25NO4. The molecule has 1 N–H and O–H groups in total. The number of nitrogens with zero attached hydrogens (tertiary/aromatic N) is 1. The van der Waals surface area contributed by atoms with Crippen LogP contribution in [0.5, 0.6) is 11.5 Å². The molecule has 29 heavy (non-hydrogen) atoms. The zero-order valence-corrected chi connectivity index (χ0v) is 16.6. The van der Waals surface area contributed by atoms with Crippen LogP contribution in [-0.2, 0) is 4.74 Å². The maximum Gasteiger partial charge on any atom is 0.335 e. The number of benzene rings is 2. The monoisotopic (exact) mass is 391 g/mol. The number of carboxylic acid groups (broad SMARTS) is 1. The van der Waals surface area contributed by atoms with Crippen molar-refractivity contribution in [2.24, 2.45) is 0 Å². The molecule has 150 valence electrons. The molecule has 3 aliphatic heterocycles. The first-order valence-corrected chi connectivity index (χ1v) is 10.3. The van der Waals surface area contributed by atoms with Gasteiger partial charge in [0, 0.05) is 36.9 Å². The SMILES string of the molecule is COCCN1C2CCC1CC(=C1c3ccccc3Oc3cc(C(=O)O)ccc31)C2. The summed E-state index contributed by atoms with van der Waals surface area (Å²) in [5, 5.41) is 9.39. The Morgan fingerprint density at radius 3 is 2.55 bits per heavy atom. The van der Waals surface area contributed by atoms with Crippen molar-refractivity contribution in [2.45, 2.75) is 37.8 Å². The lowest BCUT2D eigenvalue weighted by Gasteiger charge is -2.38. The summed E-state index contributed by atoms with van der Waals surface area (Å²) in [5.41, 5.74) is 5.08. The highest BCUT2D eigenvalue weighted by Gasteiger charge is 2.40. The summed E-state index contributed by atoms with van der Waals surface area (Å²) in [6.07, 6.45) is 4.55. The van der Waals surface area contributed by atoms with Crippen molar-refractivity contribution >= 4 is 11.5 Å². The summed E-state index contributed by atoms with van der Waals surface area (Å²) in [6, 6.07) is 14.4. The van der Waals surface area contributed by atoms with Crippen LogP contribution in [0.15, 0.2) is 48.0 Å². The van der Waals surface area contributed by atoms with Crippen LogP contribution in [-0.4, -0.2) is 48.3 Å². The number of para-hydroxylation sites is 1. The minimum absolute atomic E-state index is 0.252. The van der Waals surface area contributed by atoms with Gasteiger partial charge in [0.1, 0.15) is 11.5 Å².